The maximum Gasteiger partial charge on any atom is 0.0397 e. The highest BCUT2D eigenvalue weighted by Crippen LogP contribution is 2.40. The van der Waals surface area contributed by atoms with Crippen molar-refractivity contribution in [3.05, 3.63) is 29.3 Å². The van der Waals surface area contributed by atoms with E-state index in [0.29, 0.717) is 12.1 Å². The fourth-order valence-corrected chi connectivity index (χ4v) is 4.17. The summed E-state index contributed by atoms with van der Waals surface area (Å²) in [5, 5.41) is 3.39. The van der Waals surface area contributed by atoms with E-state index in [4.69, 9.17) is 0 Å². The summed E-state index contributed by atoms with van der Waals surface area (Å²) < 4.78 is 0. The summed E-state index contributed by atoms with van der Waals surface area (Å²) in [5.74, 6) is 0.731. The SMILES string of the molecule is CNCC1CCN(C(C)C)C1c1ccc2c(c1)CCN2C. The average Bonchev–Trinajstić information content (AvgIpc) is 3.03. The van der Waals surface area contributed by atoms with Gasteiger partial charge in [-0.3, -0.25) is 4.90 Å². The minimum atomic E-state index is 0.577. The van der Waals surface area contributed by atoms with Crippen LogP contribution in [0.5, 0.6) is 0 Å². The summed E-state index contributed by atoms with van der Waals surface area (Å²) in [4.78, 5) is 5.06. The lowest BCUT2D eigenvalue weighted by Crippen LogP contribution is -2.33. The number of rotatable bonds is 4. The van der Waals surface area contributed by atoms with Crippen LogP contribution in [0.4, 0.5) is 5.69 Å². The second-order valence-corrected chi connectivity index (χ2v) is 6.94. The van der Waals surface area contributed by atoms with Gasteiger partial charge in [-0.1, -0.05) is 12.1 Å². The molecule has 0 aromatic heterocycles. The fraction of sp³-hybridized carbons (Fsp3) is 0.667. The summed E-state index contributed by atoms with van der Waals surface area (Å²) in [6, 6.07) is 8.38. The zero-order chi connectivity index (χ0) is 15.0. The average molecular weight is 287 g/mol. The molecule has 0 bridgehead atoms. The standard InChI is InChI=1S/C18H29N3/c1-13(2)21-10-8-16(12-19-3)18(21)15-5-6-17-14(11-15)7-9-20(17)4/h5-6,11,13,16,18-19H,7-10,12H2,1-4H3. The van der Waals surface area contributed by atoms with Crippen LogP contribution in [0.3, 0.4) is 0 Å². The maximum atomic E-state index is 3.39. The van der Waals surface area contributed by atoms with Crippen LogP contribution in [-0.4, -0.2) is 44.7 Å². The highest BCUT2D eigenvalue weighted by Gasteiger charge is 2.36. The summed E-state index contributed by atoms with van der Waals surface area (Å²) in [6.07, 6.45) is 2.51. The number of fused-ring (bicyclic) bond motifs is 1. The van der Waals surface area contributed by atoms with Gasteiger partial charge in [-0.05, 0) is 69.9 Å². The number of likely N-dealkylation sites (N-methyl/N-ethyl adjacent to an activating group) is 1. The molecular formula is C18H29N3. The van der Waals surface area contributed by atoms with Crippen molar-refractivity contribution in [2.24, 2.45) is 5.92 Å². The number of likely N-dealkylation sites (tertiary alicyclic amines) is 1. The predicted octanol–water partition coefficient (Wildman–Crippen LogP) is 2.67. The van der Waals surface area contributed by atoms with E-state index in [0.717, 1.165) is 19.0 Å². The third-order valence-corrected chi connectivity index (χ3v) is 5.26. The minimum absolute atomic E-state index is 0.577. The highest BCUT2D eigenvalue weighted by molar-refractivity contribution is 5.58. The number of nitrogens with zero attached hydrogens (tertiary/aromatic N) is 2. The van der Waals surface area contributed by atoms with Crippen molar-refractivity contribution in [1.82, 2.24) is 10.2 Å². The molecule has 1 aromatic carbocycles. The molecule has 0 aliphatic carbocycles. The molecule has 116 valence electrons. The lowest BCUT2D eigenvalue weighted by molar-refractivity contribution is 0.182. The largest absolute Gasteiger partial charge is 0.374 e. The minimum Gasteiger partial charge on any atom is -0.374 e. The van der Waals surface area contributed by atoms with Crippen LogP contribution in [0, 0.1) is 5.92 Å². The van der Waals surface area contributed by atoms with E-state index in [1.165, 1.54) is 36.2 Å². The first-order valence-corrected chi connectivity index (χ1v) is 8.36. The van der Waals surface area contributed by atoms with Gasteiger partial charge in [0.25, 0.3) is 0 Å². The third-order valence-electron chi connectivity index (χ3n) is 5.26. The van der Waals surface area contributed by atoms with Crippen molar-refractivity contribution < 1.29 is 0 Å². The Bertz CT molecular complexity index is 497. The molecule has 2 unspecified atom stereocenters. The molecule has 2 heterocycles. The predicted molar refractivity (Wildman–Crippen MR) is 90.0 cm³/mol. The van der Waals surface area contributed by atoms with Crippen molar-refractivity contribution in [1.29, 1.82) is 0 Å². The lowest BCUT2D eigenvalue weighted by atomic mass is 9.91. The Kier molecular flexibility index (Phi) is 4.23. The number of benzene rings is 1. The highest BCUT2D eigenvalue weighted by atomic mass is 15.2. The summed E-state index contributed by atoms with van der Waals surface area (Å²) in [6.45, 7) is 8.17. The lowest BCUT2D eigenvalue weighted by Gasteiger charge is -2.32. The Morgan fingerprint density at radius 1 is 1.29 bits per heavy atom. The van der Waals surface area contributed by atoms with Crippen molar-refractivity contribution in [3.63, 3.8) is 0 Å². The first kappa shape index (κ1) is 14.9. The number of hydrogen-bond acceptors (Lipinski definition) is 3. The van der Waals surface area contributed by atoms with E-state index in [2.05, 4.69) is 61.3 Å². The van der Waals surface area contributed by atoms with Gasteiger partial charge in [0.05, 0.1) is 0 Å². The van der Waals surface area contributed by atoms with Gasteiger partial charge in [0.2, 0.25) is 0 Å². The molecular weight excluding hydrogens is 258 g/mol. The monoisotopic (exact) mass is 287 g/mol. The zero-order valence-electron chi connectivity index (χ0n) is 13.9. The van der Waals surface area contributed by atoms with Crippen LogP contribution in [0.2, 0.25) is 0 Å². The van der Waals surface area contributed by atoms with Crippen molar-refractivity contribution in [2.75, 3.05) is 38.6 Å². The summed E-state index contributed by atoms with van der Waals surface area (Å²) in [7, 11) is 4.28. The molecule has 2 aliphatic heterocycles. The molecule has 0 amide bonds. The van der Waals surface area contributed by atoms with Crippen LogP contribution < -0.4 is 10.2 Å². The Balaban J connectivity index is 1.91. The second kappa shape index (κ2) is 5.98. The zero-order valence-corrected chi connectivity index (χ0v) is 13.9. The number of hydrogen-bond donors (Lipinski definition) is 1. The number of nitrogens with one attached hydrogen (secondary N) is 1. The van der Waals surface area contributed by atoms with E-state index in [1.54, 1.807) is 0 Å². The molecule has 21 heavy (non-hydrogen) atoms. The van der Waals surface area contributed by atoms with Crippen molar-refractivity contribution in [3.8, 4) is 0 Å². The van der Waals surface area contributed by atoms with Gasteiger partial charge in [-0.15, -0.1) is 0 Å². The van der Waals surface area contributed by atoms with E-state index in [1.807, 2.05) is 0 Å². The van der Waals surface area contributed by atoms with Crippen LogP contribution in [-0.2, 0) is 6.42 Å². The van der Waals surface area contributed by atoms with Crippen molar-refractivity contribution >= 4 is 5.69 Å². The van der Waals surface area contributed by atoms with E-state index < -0.39 is 0 Å². The summed E-state index contributed by atoms with van der Waals surface area (Å²) in [5.41, 5.74) is 4.49. The third kappa shape index (κ3) is 2.69. The van der Waals surface area contributed by atoms with Crippen LogP contribution in [0.25, 0.3) is 0 Å². The van der Waals surface area contributed by atoms with Crippen molar-refractivity contribution in [2.45, 2.75) is 38.8 Å². The van der Waals surface area contributed by atoms with Crippen LogP contribution >= 0.6 is 0 Å². The Labute approximate surface area is 129 Å². The molecule has 0 spiro atoms. The molecule has 3 rings (SSSR count). The quantitative estimate of drug-likeness (QED) is 0.918. The van der Waals surface area contributed by atoms with Gasteiger partial charge in [0.15, 0.2) is 0 Å². The fourth-order valence-electron chi connectivity index (χ4n) is 4.17. The van der Waals surface area contributed by atoms with E-state index in [9.17, 15) is 0 Å². The molecule has 0 saturated carbocycles. The Morgan fingerprint density at radius 2 is 2.10 bits per heavy atom. The molecule has 0 radical (unpaired) electrons. The maximum absolute atomic E-state index is 3.39. The molecule has 1 N–H and O–H groups in total. The van der Waals surface area contributed by atoms with Gasteiger partial charge in [-0.25, -0.2) is 0 Å². The van der Waals surface area contributed by atoms with Gasteiger partial charge >= 0.3 is 0 Å². The second-order valence-electron chi connectivity index (χ2n) is 6.94. The molecule has 2 aliphatic rings. The van der Waals surface area contributed by atoms with E-state index >= 15 is 0 Å². The van der Waals surface area contributed by atoms with Gasteiger partial charge in [0.1, 0.15) is 0 Å². The molecule has 1 saturated heterocycles. The normalized spacial score (nSPS) is 25.9. The topological polar surface area (TPSA) is 18.5 Å². The summed E-state index contributed by atoms with van der Waals surface area (Å²) >= 11 is 0. The first-order chi connectivity index (χ1) is 10.1. The molecule has 1 fully saturated rings. The molecule has 3 heteroatoms. The Morgan fingerprint density at radius 3 is 2.81 bits per heavy atom. The number of anilines is 1. The van der Waals surface area contributed by atoms with Gasteiger partial charge in [-0.2, -0.15) is 0 Å². The molecule has 3 nitrogen and oxygen atoms in total. The molecule has 1 aromatic rings. The first-order valence-electron chi connectivity index (χ1n) is 8.36. The Hall–Kier alpha value is -1.06. The smallest absolute Gasteiger partial charge is 0.0397 e. The van der Waals surface area contributed by atoms with Crippen LogP contribution in [0.1, 0.15) is 37.4 Å². The van der Waals surface area contributed by atoms with Gasteiger partial charge in [0, 0.05) is 31.4 Å². The van der Waals surface area contributed by atoms with Gasteiger partial charge < -0.3 is 10.2 Å². The van der Waals surface area contributed by atoms with Crippen LogP contribution in [0.15, 0.2) is 18.2 Å². The molecule has 2 atom stereocenters. The van der Waals surface area contributed by atoms with E-state index in [-0.39, 0.29) is 0 Å².